The van der Waals surface area contributed by atoms with E-state index in [2.05, 4.69) is 0 Å². The second-order valence-corrected chi connectivity index (χ2v) is 5.09. The SMILES string of the molecule is CCN(CC(C)C(=O)O)C(=O)N1CCCCC1CO. The summed E-state index contributed by atoms with van der Waals surface area (Å²) in [6.07, 6.45) is 2.77. The van der Waals surface area contributed by atoms with Gasteiger partial charge in [0.2, 0.25) is 0 Å². The summed E-state index contributed by atoms with van der Waals surface area (Å²) >= 11 is 0. The first-order valence-corrected chi connectivity index (χ1v) is 6.90. The van der Waals surface area contributed by atoms with Gasteiger partial charge in [-0.2, -0.15) is 0 Å². The van der Waals surface area contributed by atoms with Gasteiger partial charge in [-0.15, -0.1) is 0 Å². The van der Waals surface area contributed by atoms with Crippen molar-refractivity contribution in [3.05, 3.63) is 0 Å². The number of hydrogen-bond acceptors (Lipinski definition) is 3. The quantitative estimate of drug-likeness (QED) is 0.782. The number of aliphatic hydroxyl groups is 1. The molecule has 110 valence electrons. The number of carbonyl (C=O) groups excluding carboxylic acids is 1. The molecule has 0 saturated carbocycles. The normalized spacial score (nSPS) is 21.0. The van der Waals surface area contributed by atoms with Crippen molar-refractivity contribution in [3.63, 3.8) is 0 Å². The maximum atomic E-state index is 12.4. The summed E-state index contributed by atoms with van der Waals surface area (Å²) < 4.78 is 0. The molecule has 0 radical (unpaired) electrons. The van der Waals surface area contributed by atoms with E-state index in [0.717, 1.165) is 19.3 Å². The predicted octanol–water partition coefficient (Wildman–Crippen LogP) is 0.996. The molecule has 1 aliphatic heterocycles. The fourth-order valence-corrected chi connectivity index (χ4v) is 2.37. The maximum absolute atomic E-state index is 12.4. The molecule has 1 saturated heterocycles. The average molecular weight is 272 g/mol. The molecule has 0 aliphatic carbocycles. The molecule has 0 aromatic heterocycles. The van der Waals surface area contributed by atoms with Crippen LogP contribution in [0.25, 0.3) is 0 Å². The Labute approximate surface area is 114 Å². The Kier molecular flexibility index (Phi) is 6.08. The van der Waals surface area contributed by atoms with Gasteiger partial charge in [0.05, 0.1) is 18.6 Å². The number of rotatable bonds is 5. The molecule has 2 amide bonds. The van der Waals surface area contributed by atoms with Crippen molar-refractivity contribution in [2.24, 2.45) is 5.92 Å². The number of likely N-dealkylation sites (tertiary alicyclic amines) is 1. The summed E-state index contributed by atoms with van der Waals surface area (Å²) in [6, 6.07) is -0.287. The number of hydrogen-bond donors (Lipinski definition) is 2. The van der Waals surface area contributed by atoms with Crippen LogP contribution < -0.4 is 0 Å². The van der Waals surface area contributed by atoms with Crippen LogP contribution in [0.3, 0.4) is 0 Å². The third-order valence-electron chi connectivity index (χ3n) is 3.65. The van der Waals surface area contributed by atoms with E-state index in [1.54, 1.807) is 16.7 Å². The van der Waals surface area contributed by atoms with E-state index in [4.69, 9.17) is 5.11 Å². The summed E-state index contributed by atoms with van der Waals surface area (Å²) in [6.45, 7) is 4.73. The Morgan fingerprint density at radius 1 is 1.42 bits per heavy atom. The van der Waals surface area contributed by atoms with Crippen molar-refractivity contribution in [3.8, 4) is 0 Å². The minimum absolute atomic E-state index is 0.0300. The average Bonchev–Trinajstić information content (AvgIpc) is 2.43. The molecule has 6 heteroatoms. The zero-order chi connectivity index (χ0) is 14.4. The number of carboxylic acids is 1. The molecule has 0 spiro atoms. The lowest BCUT2D eigenvalue weighted by atomic mass is 10.0. The van der Waals surface area contributed by atoms with Crippen LogP contribution >= 0.6 is 0 Å². The highest BCUT2D eigenvalue weighted by Crippen LogP contribution is 2.18. The molecule has 1 heterocycles. The molecule has 2 N–H and O–H groups in total. The van der Waals surface area contributed by atoms with Crippen LogP contribution in [0.15, 0.2) is 0 Å². The number of piperidine rings is 1. The molecule has 6 nitrogen and oxygen atoms in total. The summed E-state index contributed by atoms with van der Waals surface area (Å²) in [4.78, 5) is 26.5. The van der Waals surface area contributed by atoms with Crippen LogP contribution in [0.5, 0.6) is 0 Å². The fraction of sp³-hybridized carbons (Fsp3) is 0.846. The van der Waals surface area contributed by atoms with Crippen LogP contribution in [0.1, 0.15) is 33.1 Å². The van der Waals surface area contributed by atoms with E-state index in [1.165, 1.54) is 0 Å². The monoisotopic (exact) mass is 272 g/mol. The summed E-state index contributed by atoms with van der Waals surface area (Å²) in [5.74, 6) is -1.48. The summed E-state index contributed by atoms with van der Waals surface area (Å²) in [5.41, 5.74) is 0. The van der Waals surface area contributed by atoms with Crippen molar-refractivity contribution >= 4 is 12.0 Å². The third-order valence-corrected chi connectivity index (χ3v) is 3.65. The van der Waals surface area contributed by atoms with Crippen molar-refractivity contribution in [2.75, 3.05) is 26.2 Å². The standard InChI is InChI=1S/C13H24N2O4/c1-3-14(8-10(2)12(17)18)13(19)15-7-5-4-6-11(15)9-16/h10-11,16H,3-9H2,1-2H3,(H,17,18). The zero-order valence-corrected chi connectivity index (χ0v) is 11.7. The van der Waals surface area contributed by atoms with Crippen LogP contribution in [0, 0.1) is 5.92 Å². The maximum Gasteiger partial charge on any atom is 0.320 e. The van der Waals surface area contributed by atoms with E-state index in [1.807, 2.05) is 6.92 Å². The van der Waals surface area contributed by atoms with E-state index in [0.29, 0.717) is 13.1 Å². The number of nitrogens with zero attached hydrogens (tertiary/aromatic N) is 2. The molecule has 1 fully saturated rings. The van der Waals surface area contributed by atoms with Crippen molar-refractivity contribution in [1.82, 2.24) is 9.80 Å². The van der Waals surface area contributed by atoms with Gasteiger partial charge in [-0.05, 0) is 26.2 Å². The fourth-order valence-electron chi connectivity index (χ4n) is 2.37. The number of urea groups is 1. The van der Waals surface area contributed by atoms with Gasteiger partial charge >= 0.3 is 12.0 Å². The summed E-state index contributed by atoms with van der Waals surface area (Å²) in [7, 11) is 0. The second-order valence-electron chi connectivity index (χ2n) is 5.09. The first-order chi connectivity index (χ1) is 9.01. The van der Waals surface area contributed by atoms with Gasteiger partial charge < -0.3 is 20.0 Å². The van der Waals surface area contributed by atoms with Crippen LogP contribution in [0.2, 0.25) is 0 Å². The first kappa shape index (κ1) is 15.8. The molecule has 1 rings (SSSR count). The predicted molar refractivity (Wildman–Crippen MR) is 70.9 cm³/mol. The lowest BCUT2D eigenvalue weighted by molar-refractivity contribution is -0.141. The van der Waals surface area contributed by atoms with Gasteiger partial charge in [0.15, 0.2) is 0 Å². The smallest absolute Gasteiger partial charge is 0.320 e. The number of carboxylic acid groups (broad SMARTS) is 1. The summed E-state index contributed by atoms with van der Waals surface area (Å²) in [5, 5.41) is 18.3. The Morgan fingerprint density at radius 2 is 2.11 bits per heavy atom. The van der Waals surface area contributed by atoms with Gasteiger partial charge in [0, 0.05) is 19.6 Å². The highest BCUT2D eigenvalue weighted by molar-refractivity contribution is 5.76. The van der Waals surface area contributed by atoms with E-state index in [-0.39, 0.29) is 25.2 Å². The van der Waals surface area contributed by atoms with E-state index >= 15 is 0 Å². The highest BCUT2D eigenvalue weighted by atomic mass is 16.4. The molecular weight excluding hydrogens is 248 g/mol. The Morgan fingerprint density at radius 3 is 2.63 bits per heavy atom. The minimum Gasteiger partial charge on any atom is -0.481 e. The van der Waals surface area contributed by atoms with Crippen molar-refractivity contribution in [1.29, 1.82) is 0 Å². The topological polar surface area (TPSA) is 81.1 Å². The molecule has 2 atom stereocenters. The third kappa shape index (κ3) is 4.09. The number of carbonyl (C=O) groups is 2. The highest BCUT2D eigenvalue weighted by Gasteiger charge is 2.30. The van der Waals surface area contributed by atoms with Gasteiger partial charge in [0.1, 0.15) is 0 Å². The number of amides is 2. The zero-order valence-electron chi connectivity index (χ0n) is 11.7. The molecule has 19 heavy (non-hydrogen) atoms. The molecule has 0 aromatic rings. The van der Waals surface area contributed by atoms with E-state index < -0.39 is 11.9 Å². The Hall–Kier alpha value is -1.30. The first-order valence-electron chi connectivity index (χ1n) is 6.90. The van der Waals surface area contributed by atoms with Crippen LogP contribution in [0.4, 0.5) is 4.79 Å². The molecule has 1 aliphatic rings. The van der Waals surface area contributed by atoms with Crippen LogP contribution in [-0.2, 0) is 4.79 Å². The van der Waals surface area contributed by atoms with Gasteiger partial charge in [0.25, 0.3) is 0 Å². The van der Waals surface area contributed by atoms with Gasteiger partial charge in [-0.1, -0.05) is 6.92 Å². The molecular formula is C13H24N2O4. The van der Waals surface area contributed by atoms with Crippen molar-refractivity contribution < 1.29 is 19.8 Å². The lowest BCUT2D eigenvalue weighted by Crippen LogP contribution is -2.52. The lowest BCUT2D eigenvalue weighted by Gasteiger charge is -2.38. The van der Waals surface area contributed by atoms with Gasteiger partial charge in [-0.25, -0.2) is 4.79 Å². The largest absolute Gasteiger partial charge is 0.481 e. The minimum atomic E-state index is -0.899. The van der Waals surface area contributed by atoms with Crippen LogP contribution in [-0.4, -0.2) is 64.3 Å². The Bertz CT molecular complexity index is 322. The number of aliphatic carboxylic acids is 1. The second kappa shape index (κ2) is 7.33. The molecule has 0 aromatic carbocycles. The molecule has 0 bridgehead atoms. The van der Waals surface area contributed by atoms with Crippen molar-refractivity contribution in [2.45, 2.75) is 39.2 Å². The Balaban J connectivity index is 2.68. The van der Waals surface area contributed by atoms with Gasteiger partial charge in [-0.3, -0.25) is 4.79 Å². The van der Waals surface area contributed by atoms with E-state index in [9.17, 15) is 14.7 Å². The molecule has 2 unspecified atom stereocenters. The number of aliphatic hydroxyl groups excluding tert-OH is 1.